The lowest BCUT2D eigenvalue weighted by Gasteiger charge is -2.15. The zero-order valence-corrected chi connectivity index (χ0v) is 17.9. The molecular formula is C19H20BrN3O4S. The summed E-state index contributed by atoms with van der Waals surface area (Å²) in [5, 5.41) is 3.94. The summed E-state index contributed by atoms with van der Waals surface area (Å²) in [6.45, 7) is 2.51. The second kappa shape index (κ2) is 8.85. The van der Waals surface area contributed by atoms with E-state index in [-0.39, 0.29) is 18.2 Å². The van der Waals surface area contributed by atoms with Crippen molar-refractivity contribution in [3.8, 4) is 17.1 Å². The zero-order chi connectivity index (χ0) is 20.1. The van der Waals surface area contributed by atoms with Crippen molar-refractivity contribution in [2.24, 2.45) is 0 Å². The molecule has 2 aromatic carbocycles. The van der Waals surface area contributed by atoms with E-state index in [9.17, 15) is 8.42 Å². The summed E-state index contributed by atoms with van der Waals surface area (Å²) in [5.41, 5.74) is 1.47. The molecule has 0 atom stereocenters. The first-order chi connectivity index (χ1) is 13.4. The van der Waals surface area contributed by atoms with Gasteiger partial charge in [0.15, 0.2) is 0 Å². The average Bonchev–Trinajstić information content (AvgIpc) is 3.13. The van der Waals surface area contributed by atoms with E-state index in [2.05, 4.69) is 26.1 Å². The number of halogens is 1. The summed E-state index contributed by atoms with van der Waals surface area (Å²) in [6, 6.07) is 14.5. The van der Waals surface area contributed by atoms with Crippen LogP contribution >= 0.6 is 15.9 Å². The number of nitrogens with zero attached hydrogens (tertiary/aromatic N) is 3. The van der Waals surface area contributed by atoms with Crippen molar-refractivity contribution < 1.29 is 17.7 Å². The first kappa shape index (κ1) is 20.5. The first-order valence-corrected chi connectivity index (χ1v) is 11.0. The predicted octanol–water partition coefficient (Wildman–Crippen LogP) is 3.86. The van der Waals surface area contributed by atoms with Gasteiger partial charge in [0.2, 0.25) is 21.7 Å². The number of hydrogen-bond donors (Lipinski definition) is 0. The van der Waals surface area contributed by atoms with Gasteiger partial charge in [-0.25, -0.2) is 8.42 Å². The fourth-order valence-corrected chi connectivity index (χ4v) is 3.90. The molecule has 0 radical (unpaired) electrons. The molecular weight excluding hydrogens is 446 g/mol. The van der Waals surface area contributed by atoms with E-state index < -0.39 is 10.0 Å². The van der Waals surface area contributed by atoms with Crippen LogP contribution in [0.4, 0.5) is 0 Å². The van der Waals surface area contributed by atoms with Gasteiger partial charge in [0.1, 0.15) is 5.75 Å². The highest BCUT2D eigenvalue weighted by molar-refractivity contribution is 9.10. The Balaban J connectivity index is 1.67. The summed E-state index contributed by atoms with van der Waals surface area (Å²) >= 11 is 3.34. The standard InChI is InChI=1S/C19H20BrN3O4S/c1-3-26-17-10-6-15(7-11-17)19-21-18(27-22-19)12-23(2)28(24,25)13-14-4-8-16(20)9-5-14/h4-11H,3,12-13H2,1-2H3. The maximum atomic E-state index is 12.6. The third kappa shape index (κ3) is 5.18. The van der Waals surface area contributed by atoms with E-state index in [0.717, 1.165) is 15.8 Å². The molecule has 0 aliphatic rings. The highest BCUT2D eigenvalue weighted by atomic mass is 79.9. The van der Waals surface area contributed by atoms with Crippen LogP contribution in [0, 0.1) is 0 Å². The Morgan fingerprint density at radius 3 is 2.43 bits per heavy atom. The van der Waals surface area contributed by atoms with Gasteiger partial charge in [-0.2, -0.15) is 9.29 Å². The van der Waals surface area contributed by atoms with Crippen LogP contribution in [0.15, 0.2) is 57.5 Å². The van der Waals surface area contributed by atoms with Crippen LogP contribution in [0.25, 0.3) is 11.4 Å². The van der Waals surface area contributed by atoms with Crippen LogP contribution in [0.5, 0.6) is 5.75 Å². The van der Waals surface area contributed by atoms with Crippen molar-refractivity contribution in [1.82, 2.24) is 14.4 Å². The molecule has 0 unspecified atom stereocenters. The van der Waals surface area contributed by atoms with Crippen LogP contribution in [0.1, 0.15) is 18.4 Å². The molecule has 9 heteroatoms. The van der Waals surface area contributed by atoms with Crippen molar-refractivity contribution in [2.45, 2.75) is 19.2 Å². The van der Waals surface area contributed by atoms with Crippen molar-refractivity contribution >= 4 is 26.0 Å². The molecule has 28 heavy (non-hydrogen) atoms. The molecule has 0 fully saturated rings. The Morgan fingerprint density at radius 2 is 1.79 bits per heavy atom. The molecule has 0 N–H and O–H groups in total. The van der Waals surface area contributed by atoms with E-state index in [1.807, 2.05) is 43.3 Å². The molecule has 1 aromatic heterocycles. The van der Waals surface area contributed by atoms with Gasteiger partial charge >= 0.3 is 0 Å². The Hall–Kier alpha value is -2.23. The summed E-state index contributed by atoms with van der Waals surface area (Å²) in [6.07, 6.45) is 0. The van der Waals surface area contributed by atoms with Crippen LogP contribution in [-0.2, 0) is 22.3 Å². The van der Waals surface area contributed by atoms with Crippen LogP contribution in [0.2, 0.25) is 0 Å². The Kier molecular flexibility index (Phi) is 6.48. The number of benzene rings is 2. The van der Waals surface area contributed by atoms with Gasteiger partial charge in [0, 0.05) is 17.1 Å². The molecule has 7 nitrogen and oxygen atoms in total. The maximum Gasteiger partial charge on any atom is 0.242 e. The molecule has 0 saturated carbocycles. The van der Waals surface area contributed by atoms with Crippen molar-refractivity contribution in [3.63, 3.8) is 0 Å². The van der Waals surface area contributed by atoms with Gasteiger partial charge < -0.3 is 9.26 Å². The Bertz CT molecular complexity index is 1020. The van der Waals surface area contributed by atoms with E-state index in [1.165, 1.54) is 11.4 Å². The quantitative estimate of drug-likeness (QED) is 0.501. The minimum absolute atomic E-state index is 0.00287. The largest absolute Gasteiger partial charge is 0.494 e. The topological polar surface area (TPSA) is 85.5 Å². The first-order valence-electron chi connectivity index (χ1n) is 8.61. The fraction of sp³-hybridized carbons (Fsp3) is 0.263. The van der Waals surface area contributed by atoms with Crippen molar-refractivity contribution in [3.05, 3.63) is 64.5 Å². The summed E-state index contributed by atoms with van der Waals surface area (Å²) in [5.74, 6) is 1.28. The van der Waals surface area contributed by atoms with Crippen molar-refractivity contribution in [1.29, 1.82) is 0 Å². The van der Waals surface area contributed by atoms with E-state index in [1.54, 1.807) is 12.1 Å². The molecule has 0 aliphatic carbocycles. The molecule has 0 aliphatic heterocycles. The molecule has 3 rings (SSSR count). The number of sulfonamides is 1. The smallest absolute Gasteiger partial charge is 0.242 e. The van der Waals surface area contributed by atoms with Crippen LogP contribution in [-0.4, -0.2) is 36.5 Å². The average molecular weight is 466 g/mol. The minimum Gasteiger partial charge on any atom is -0.494 e. The number of rotatable bonds is 8. The summed E-state index contributed by atoms with van der Waals surface area (Å²) < 4.78 is 37.9. The van der Waals surface area contributed by atoms with Crippen LogP contribution < -0.4 is 4.74 Å². The molecule has 1 heterocycles. The molecule has 148 valence electrons. The number of ether oxygens (including phenoxy) is 1. The third-order valence-corrected chi connectivity index (χ3v) is 6.29. The summed E-state index contributed by atoms with van der Waals surface area (Å²) in [7, 11) is -2.02. The van der Waals surface area contributed by atoms with Crippen LogP contribution in [0.3, 0.4) is 0 Å². The molecule has 0 saturated heterocycles. The van der Waals surface area contributed by atoms with Crippen molar-refractivity contribution in [2.75, 3.05) is 13.7 Å². The van der Waals surface area contributed by atoms with Gasteiger partial charge in [0.25, 0.3) is 0 Å². The third-order valence-electron chi connectivity index (χ3n) is 3.99. The van der Waals surface area contributed by atoms with E-state index >= 15 is 0 Å². The maximum absolute atomic E-state index is 12.6. The zero-order valence-electron chi connectivity index (χ0n) is 15.5. The lowest BCUT2D eigenvalue weighted by atomic mass is 10.2. The fourth-order valence-electron chi connectivity index (χ4n) is 2.49. The second-order valence-electron chi connectivity index (χ2n) is 6.11. The Morgan fingerprint density at radius 1 is 1.11 bits per heavy atom. The van der Waals surface area contributed by atoms with Gasteiger partial charge in [0.05, 0.1) is 18.9 Å². The van der Waals surface area contributed by atoms with E-state index in [4.69, 9.17) is 9.26 Å². The number of aromatic nitrogens is 2. The molecule has 3 aromatic rings. The molecule has 0 bridgehead atoms. The SMILES string of the molecule is CCOc1ccc(-c2noc(CN(C)S(=O)(=O)Cc3ccc(Br)cc3)n2)cc1. The molecule has 0 amide bonds. The number of hydrogen-bond acceptors (Lipinski definition) is 6. The lowest BCUT2D eigenvalue weighted by Crippen LogP contribution is -2.27. The Labute approximate surface area is 172 Å². The summed E-state index contributed by atoms with van der Waals surface area (Å²) in [4.78, 5) is 4.30. The highest BCUT2D eigenvalue weighted by Crippen LogP contribution is 2.21. The minimum atomic E-state index is -3.52. The second-order valence-corrected chi connectivity index (χ2v) is 9.10. The van der Waals surface area contributed by atoms with Gasteiger partial charge in [-0.15, -0.1) is 0 Å². The lowest BCUT2D eigenvalue weighted by molar-refractivity contribution is 0.336. The molecule has 0 spiro atoms. The van der Waals surface area contributed by atoms with Gasteiger partial charge in [-0.1, -0.05) is 33.2 Å². The predicted molar refractivity (Wildman–Crippen MR) is 109 cm³/mol. The van der Waals surface area contributed by atoms with Gasteiger partial charge in [-0.05, 0) is 48.9 Å². The van der Waals surface area contributed by atoms with E-state index in [0.29, 0.717) is 18.0 Å². The normalized spacial score (nSPS) is 11.7. The monoisotopic (exact) mass is 465 g/mol. The van der Waals surface area contributed by atoms with Gasteiger partial charge in [-0.3, -0.25) is 0 Å². The highest BCUT2D eigenvalue weighted by Gasteiger charge is 2.21.